The highest BCUT2D eigenvalue weighted by molar-refractivity contribution is 7.47. The van der Waals surface area contributed by atoms with Gasteiger partial charge in [-0.2, -0.15) is 0 Å². The van der Waals surface area contributed by atoms with Crippen LogP contribution in [0.25, 0.3) is 0 Å². The van der Waals surface area contributed by atoms with Gasteiger partial charge in [-0.15, -0.1) is 0 Å². The Hall–Kier alpha value is -2.25. The molecular formula is C40H69O8P. The van der Waals surface area contributed by atoms with Crippen molar-refractivity contribution in [3.05, 3.63) is 60.8 Å². The third-order valence-corrected chi connectivity index (χ3v) is 8.68. The lowest BCUT2D eigenvalue weighted by molar-refractivity contribution is -0.161. The topological polar surface area (TPSA) is 108 Å². The molecule has 0 saturated heterocycles. The first-order chi connectivity index (χ1) is 23.8. The Morgan fingerprint density at radius 3 is 1.57 bits per heavy atom. The number of rotatable bonds is 34. The predicted molar refractivity (Wildman–Crippen MR) is 202 cm³/mol. The fraction of sp³-hybridized carbons (Fsp3) is 0.700. The highest BCUT2D eigenvalue weighted by Crippen LogP contribution is 2.42. The molecule has 0 fully saturated rings. The van der Waals surface area contributed by atoms with Gasteiger partial charge in [0, 0.05) is 20.0 Å². The molecule has 0 aliphatic heterocycles. The molecule has 0 aromatic rings. The second kappa shape index (κ2) is 35.6. The maximum absolute atomic E-state index is 12.5. The molecule has 0 aromatic heterocycles. The van der Waals surface area contributed by atoms with Crippen LogP contribution in [-0.4, -0.2) is 43.3 Å². The lowest BCUT2D eigenvalue weighted by Gasteiger charge is -2.19. The largest absolute Gasteiger partial charge is 0.472 e. The van der Waals surface area contributed by atoms with E-state index in [0.717, 1.165) is 97.0 Å². The number of carbonyl (C=O) groups excluding carboxylic acids is 2. The van der Waals surface area contributed by atoms with E-state index in [1.807, 2.05) is 0 Å². The quantitative estimate of drug-likeness (QED) is 0.0304. The van der Waals surface area contributed by atoms with Crippen molar-refractivity contribution in [2.24, 2.45) is 0 Å². The summed E-state index contributed by atoms with van der Waals surface area (Å²) in [5, 5.41) is 0. The Morgan fingerprint density at radius 1 is 0.592 bits per heavy atom. The molecule has 0 spiro atoms. The molecule has 0 aromatic carbocycles. The molecule has 0 aliphatic carbocycles. The summed E-state index contributed by atoms with van der Waals surface area (Å²) in [6, 6.07) is 0. The number of esters is 2. The molecule has 0 radical (unpaired) electrons. The van der Waals surface area contributed by atoms with E-state index >= 15 is 0 Å². The molecule has 2 atom stereocenters. The molecule has 8 nitrogen and oxygen atoms in total. The van der Waals surface area contributed by atoms with Gasteiger partial charge in [0.2, 0.25) is 0 Å². The molecule has 0 rings (SSSR count). The number of phosphoric acid groups is 1. The van der Waals surface area contributed by atoms with Crippen LogP contribution in [0.4, 0.5) is 0 Å². The van der Waals surface area contributed by atoms with Crippen molar-refractivity contribution in [1.29, 1.82) is 0 Å². The van der Waals surface area contributed by atoms with E-state index in [2.05, 4.69) is 79.1 Å². The van der Waals surface area contributed by atoms with Crippen molar-refractivity contribution in [2.45, 2.75) is 161 Å². The zero-order chi connectivity index (χ0) is 36.1. The molecule has 2 unspecified atom stereocenters. The SMILES string of the molecule is CC/C=C\C/C=C\C/C=C\C/C=C\CCCCCCC(=O)OC(COC(=O)CCCCCCC/C=C\CCCCCC)COP(=O)(O)OC. The first kappa shape index (κ1) is 46.8. The number of ether oxygens (including phenoxy) is 2. The van der Waals surface area contributed by atoms with Crippen LogP contribution in [0.2, 0.25) is 0 Å². The zero-order valence-electron chi connectivity index (χ0n) is 31.1. The van der Waals surface area contributed by atoms with Gasteiger partial charge in [-0.25, -0.2) is 4.57 Å². The van der Waals surface area contributed by atoms with Crippen LogP contribution in [0.3, 0.4) is 0 Å². The van der Waals surface area contributed by atoms with E-state index in [0.29, 0.717) is 6.42 Å². The van der Waals surface area contributed by atoms with Crippen LogP contribution in [0, 0.1) is 0 Å². The molecule has 0 saturated carbocycles. The van der Waals surface area contributed by atoms with Gasteiger partial charge in [0.1, 0.15) is 6.61 Å². The first-order valence-corrected chi connectivity index (χ1v) is 20.5. The summed E-state index contributed by atoms with van der Waals surface area (Å²) in [7, 11) is -3.22. The summed E-state index contributed by atoms with van der Waals surface area (Å²) >= 11 is 0. The Balaban J connectivity index is 4.14. The Kier molecular flexibility index (Phi) is 33.9. The number of allylic oxidation sites excluding steroid dienone is 10. The standard InChI is InChI=1S/C40H69O8P/c1-4-6-8-10-12-14-16-18-19-20-21-23-25-27-29-31-33-35-40(42)48-38(37-47-49(43,44)45-3)36-46-39(41)34-32-30-28-26-24-22-17-15-13-11-9-7-5-2/h6,8,12,14-15,17-19,21,23,38H,4-5,7,9-11,13,16,20,22,24-37H2,1-3H3,(H,43,44)/b8-6-,14-12-,17-15-,19-18-,23-21-. The number of unbranched alkanes of at least 4 members (excludes halogenated alkanes) is 13. The van der Waals surface area contributed by atoms with Crippen LogP contribution in [0.1, 0.15) is 155 Å². The maximum atomic E-state index is 12.5. The molecule has 9 heteroatoms. The van der Waals surface area contributed by atoms with Crippen LogP contribution < -0.4 is 0 Å². The second-order valence-electron chi connectivity index (χ2n) is 12.3. The van der Waals surface area contributed by atoms with Gasteiger partial charge in [-0.3, -0.25) is 18.6 Å². The van der Waals surface area contributed by atoms with Crippen molar-refractivity contribution < 1.29 is 37.6 Å². The normalized spacial score (nSPS) is 14.1. The fourth-order valence-electron chi connectivity index (χ4n) is 4.82. The molecule has 49 heavy (non-hydrogen) atoms. The van der Waals surface area contributed by atoms with E-state index in [-0.39, 0.29) is 25.4 Å². The fourth-order valence-corrected chi connectivity index (χ4v) is 5.28. The van der Waals surface area contributed by atoms with E-state index in [1.54, 1.807) is 0 Å². The third kappa shape index (κ3) is 35.4. The number of phosphoric ester groups is 1. The van der Waals surface area contributed by atoms with Gasteiger partial charge in [0.05, 0.1) is 6.61 Å². The lowest BCUT2D eigenvalue weighted by atomic mass is 10.1. The maximum Gasteiger partial charge on any atom is 0.472 e. The zero-order valence-corrected chi connectivity index (χ0v) is 32.0. The number of carbonyl (C=O) groups is 2. The van der Waals surface area contributed by atoms with Crippen molar-refractivity contribution in [3.8, 4) is 0 Å². The Morgan fingerprint density at radius 2 is 1.04 bits per heavy atom. The number of hydrogen-bond donors (Lipinski definition) is 1. The van der Waals surface area contributed by atoms with Crippen molar-refractivity contribution in [2.75, 3.05) is 20.3 Å². The highest BCUT2D eigenvalue weighted by atomic mass is 31.2. The van der Waals surface area contributed by atoms with Gasteiger partial charge >= 0.3 is 19.8 Å². The molecule has 0 amide bonds. The van der Waals surface area contributed by atoms with Crippen molar-refractivity contribution >= 4 is 19.8 Å². The van der Waals surface area contributed by atoms with Crippen molar-refractivity contribution in [3.63, 3.8) is 0 Å². The summed E-state index contributed by atoms with van der Waals surface area (Å²) in [6.07, 6.45) is 42.7. The minimum absolute atomic E-state index is 0.213. The van der Waals surface area contributed by atoms with Gasteiger partial charge < -0.3 is 14.4 Å². The number of hydrogen-bond acceptors (Lipinski definition) is 7. The smallest absolute Gasteiger partial charge is 0.462 e. The van der Waals surface area contributed by atoms with Gasteiger partial charge in [-0.05, 0) is 77.0 Å². The molecule has 0 heterocycles. The molecular weight excluding hydrogens is 639 g/mol. The molecule has 0 aliphatic rings. The summed E-state index contributed by atoms with van der Waals surface area (Å²) in [6.45, 7) is 3.71. The average molecular weight is 709 g/mol. The molecule has 1 N–H and O–H groups in total. The van der Waals surface area contributed by atoms with E-state index in [1.165, 1.54) is 32.1 Å². The van der Waals surface area contributed by atoms with Crippen LogP contribution >= 0.6 is 7.82 Å². The minimum atomic E-state index is -4.27. The predicted octanol–water partition coefficient (Wildman–Crippen LogP) is 11.6. The first-order valence-electron chi connectivity index (χ1n) is 19.0. The Labute approximate surface area is 299 Å². The third-order valence-electron chi connectivity index (χ3n) is 7.75. The van der Waals surface area contributed by atoms with Crippen molar-refractivity contribution in [1.82, 2.24) is 0 Å². The van der Waals surface area contributed by atoms with Gasteiger partial charge in [-0.1, -0.05) is 126 Å². The van der Waals surface area contributed by atoms with Crippen LogP contribution in [0.5, 0.6) is 0 Å². The Bertz CT molecular complexity index is 985. The average Bonchev–Trinajstić information content (AvgIpc) is 3.09. The van der Waals surface area contributed by atoms with E-state index in [4.69, 9.17) is 14.0 Å². The summed E-state index contributed by atoms with van der Waals surface area (Å²) < 4.78 is 31.8. The molecule has 282 valence electrons. The summed E-state index contributed by atoms with van der Waals surface area (Å²) in [5.41, 5.74) is 0. The molecule has 0 bridgehead atoms. The van der Waals surface area contributed by atoms with Gasteiger partial charge in [0.15, 0.2) is 6.10 Å². The summed E-state index contributed by atoms with van der Waals surface area (Å²) in [4.78, 5) is 34.3. The minimum Gasteiger partial charge on any atom is -0.462 e. The summed E-state index contributed by atoms with van der Waals surface area (Å²) in [5.74, 6) is -0.848. The van der Waals surface area contributed by atoms with Crippen LogP contribution in [-0.2, 0) is 32.7 Å². The highest BCUT2D eigenvalue weighted by Gasteiger charge is 2.24. The van der Waals surface area contributed by atoms with Crippen LogP contribution in [0.15, 0.2) is 60.8 Å². The second-order valence-corrected chi connectivity index (χ2v) is 13.9. The monoisotopic (exact) mass is 708 g/mol. The van der Waals surface area contributed by atoms with E-state index < -0.39 is 26.5 Å². The lowest BCUT2D eigenvalue weighted by Crippen LogP contribution is -2.29. The van der Waals surface area contributed by atoms with Gasteiger partial charge in [0.25, 0.3) is 0 Å². The van der Waals surface area contributed by atoms with E-state index in [9.17, 15) is 19.0 Å².